The fourth-order valence-corrected chi connectivity index (χ4v) is 6.00. The summed E-state index contributed by atoms with van der Waals surface area (Å²) in [5, 5.41) is 0. The van der Waals surface area contributed by atoms with Crippen LogP contribution in [-0.2, 0) is 15.4 Å². The van der Waals surface area contributed by atoms with Crippen LogP contribution in [-0.4, -0.2) is 37.9 Å². The fraction of sp³-hybridized carbons (Fsp3) is 0.700. The van der Waals surface area contributed by atoms with Gasteiger partial charge in [0.25, 0.3) is 0 Å². The Morgan fingerprint density at radius 3 is 2.12 bits per heavy atom. The number of rotatable bonds is 4. The van der Waals surface area contributed by atoms with Gasteiger partial charge in [-0.3, -0.25) is 4.90 Å². The Morgan fingerprint density at radius 1 is 1.00 bits per heavy atom. The van der Waals surface area contributed by atoms with Crippen LogP contribution >= 0.6 is 0 Å². The molecule has 0 N–H and O–H groups in total. The minimum Gasteiger partial charge on any atom is -0.292 e. The first-order valence-corrected chi connectivity index (χ1v) is 11.2. The lowest BCUT2D eigenvalue weighted by Gasteiger charge is -2.52. The lowest BCUT2D eigenvalue weighted by atomic mass is 9.64. The molecule has 0 unspecified atom stereocenters. The second-order valence-electron chi connectivity index (χ2n) is 8.10. The molecule has 1 aliphatic heterocycles. The summed E-state index contributed by atoms with van der Waals surface area (Å²) in [7, 11) is -2.84. The van der Waals surface area contributed by atoms with Gasteiger partial charge in [0.1, 0.15) is 0 Å². The van der Waals surface area contributed by atoms with Crippen LogP contribution in [0, 0.1) is 5.41 Å². The van der Waals surface area contributed by atoms with Crippen LogP contribution in [0.3, 0.4) is 0 Å². The van der Waals surface area contributed by atoms with Crippen molar-refractivity contribution in [1.29, 1.82) is 0 Å². The van der Waals surface area contributed by atoms with E-state index in [1.807, 2.05) is 0 Å². The Morgan fingerprint density at radius 2 is 1.58 bits per heavy atom. The molecule has 1 aromatic carbocycles. The van der Waals surface area contributed by atoms with Crippen LogP contribution in [0.2, 0.25) is 0 Å². The van der Waals surface area contributed by atoms with E-state index in [1.54, 1.807) is 0 Å². The third-order valence-electron chi connectivity index (χ3n) is 6.40. The first-order chi connectivity index (χ1) is 11.4. The van der Waals surface area contributed by atoms with Crippen LogP contribution in [0.4, 0.5) is 0 Å². The Kier molecular flexibility index (Phi) is 5.08. The smallest absolute Gasteiger partial charge is 0.152 e. The van der Waals surface area contributed by atoms with Gasteiger partial charge in [-0.05, 0) is 43.1 Å². The SMILES string of the molecule is CCCC1(C)CCC(c2ccccc2)(N2CCS(=O)(=O)CC2)CC1. The molecule has 1 saturated carbocycles. The zero-order chi connectivity index (χ0) is 17.3. The van der Waals surface area contributed by atoms with Crippen LogP contribution in [0.5, 0.6) is 0 Å². The Hall–Kier alpha value is -0.870. The monoisotopic (exact) mass is 349 g/mol. The molecule has 0 amide bonds. The molecule has 1 aromatic rings. The van der Waals surface area contributed by atoms with Gasteiger partial charge in [-0.1, -0.05) is 50.6 Å². The maximum Gasteiger partial charge on any atom is 0.152 e. The number of nitrogens with zero attached hydrogens (tertiary/aromatic N) is 1. The molecule has 2 aliphatic rings. The summed E-state index contributed by atoms with van der Waals surface area (Å²) in [6.07, 6.45) is 7.31. The van der Waals surface area contributed by atoms with E-state index < -0.39 is 9.84 Å². The predicted molar refractivity (Wildman–Crippen MR) is 99.8 cm³/mol. The van der Waals surface area contributed by atoms with E-state index in [0.29, 0.717) is 30.0 Å². The van der Waals surface area contributed by atoms with E-state index in [1.165, 1.54) is 31.2 Å². The summed E-state index contributed by atoms with van der Waals surface area (Å²) < 4.78 is 23.8. The van der Waals surface area contributed by atoms with Crippen molar-refractivity contribution in [2.24, 2.45) is 5.41 Å². The van der Waals surface area contributed by atoms with Gasteiger partial charge < -0.3 is 0 Å². The third kappa shape index (κ3) is 3.55. The first kappa shape index (κ1) is 17.9. The van der Waals surface area contributed by atoms with Gasteiger partial charge in [0.15, 0.2) is 9.84 Å². The van der Waals surface area contributed by atoms with Crippen molar-refractivity contribution >= 4 is 9.84 Å². The van der Waals surface area contributed by atoms with Crippen molar-refractivity contribution < 1.29 is 8.42 Å². The standard InChI is InChI=1S/C20H31NO2S/c1-3-9-19(2)10-12-20(13-11-19,18-7-5-4-6-8-18)21-14-16-24(22,23)17-15-21/h4-8H,3,9-17H2,1-2H3. The molecule has 134 valence electrons. The first-order valence-electron chi connectivity index (χ1n) is 9.40. The molecule has 24 heavy (non-hydrogen) atoms. The quantitative estimate of drug-likeness (QED) is 0.825. The molecule has 1 saturated heterocycles. The van der Waals surface area contributed by atoms with E-state index >= 15 is 0 Å². The molecule has 0 bridgehead atoms. The zero-order valence-electron chi connectivity index (χ0n) is 15.1. The summed E-state index contributed by atoms with van der Waals surface area (Å²) in [6, 6.07) is 10.8. The molecular weight excluding hydrogens is 318 g/mol. The van der Waals surface area contributed by atoms with Crippen molar-refractivity contribution in [3.05, 3.63) is 35.9 Å². The summed E-state index contributed by atoms with van der Waals surface area (Å²) in [6.45, 7) is 6.08. The summed E-state index contributed by atoms with van der Waals surface area (Å²) >= 11 is 0. The average molecular weight is 350 g/mol. The molecule has 0 radical (unpaired) electrons. The van der Waals surface area contributed by atoms with E-state index in [9.17, 15) is 8.42 Å². The molecule has 3 nitrogen and oxygen atoms in total. The minimum absolute atomic E-state index is 0.0322. The van der Waals surface area contributed by atoms with Gasteiger partial charge in [-0.2, -0.15) is 0 Å². The van der Waals surface area contributed by atoms with Crippen molar-refractivity contribution in [3.8, 4) is 0 Å². The maximum absolute atomic E-state index is 11.9. The van der Waals surface area contributed by atoms with Gasteiger partial charge in [0, 0.05) is 18.6 Å². The molecular formula is C20H31NO2S. The van der Waals surface area contributed by atoms with Gasteiger partial charge in [-0.15, -0.1) is 0 Å². The third-order valence-corrected chi connectivity index (χ3v) is 8.01. The molecule has 2 fully saturated rings. The van der Waals surface area contributed by atoms with Gasteiger partial charge >= 0.3 is 0 Å². The molecule has 4 heteroatoms. The molecule has 1 aliphatic carbocycles. The van der Waals surface area contributed by atoms with Gasteiger partial charge in [0.2, 0.25) is 0 Å². The fourth-order valence-electron chi connectivity index (χ4n) is 4.80. The second-order valence-corrected chi connectivity index (χ2v) is 10.4. The highest BCUT2D eigenvalue weighted by Crippen LogP contribution is 2.50. The minimum atomic E-state index is -2.84. The number of hydrogen-bond donors (Lipinski definition) is 0. The highest BCUT2D eigenvalue weighted by molar-refractivity contribution is 7.91. The highest BCUT2D eigenvalue weighted by Gasteiger charge is 2.46. The van der Waals surface area contributed by atoms with Crippen molar-refractivity contribution in [2.45, 2.75) is 57.9 Å². The topological polar surface area (TPSA) is 37.4 Å². The predicted octanol–water partition coefficient (Wildman–Crippen LogP) is 3.99. The zero-order valence-corrected chi connectivity index (χ0v) is 15.9. The van der Waals surface area contributed by atoms with E-state index in [-0.39, 0.29) is 5.54 Å². The van der Waals surface area contributed by atoms with Crippen molar-refractivity contribution in [1.82, 2.24) is 4.90 Å². The molecule has 0 atom stereocenters. The maximum atomic E-state index is 11.9. The number of benzene rings is 1. The summed E-state index contributed by atoms with van der Waals surface area (Å²) in [5.41, 5.74) is 1.86. The highest BCUT2D eigenvalue weighted by atomic mass is 32.2. The largest absolute Gasteiger partial charge is 0.292 e. The van der Waals surface area contributed by atoms with E-state index in [4.69, 9.17) is 0 Å². The average Bonchev–Trinajstić information content (AvgIpc) is 2.57. The molecule has 3 rings (SSSR count). The number of sulfone groups is 1. The normalized spacial score (nSPS) is 34.1. The van der Waals surface area contributed by atoms with Crippen molar-refractivity contribution in [2.75, 3.05) is 24.6 Å². The van der Waals surface area contributed by atoms with Gasteiger partial charge in [0.05, 0.1) is 11.5 Å². The lowest BCUT2D eigenvalue weighted by molar-refractivity contribution is 0.0104. The van der Waals surface area contributed by atoms with Crippen molar-refractivity contribution in [3.63, 3.8) is 0 Å². The summed E-state index contributed by atoms with van der Waals surface area (Å²) in [4.78, 5) is 2.48. The molecule has 0 aromatic heterocycles. The second kappa shape index (κ2) is 6.80. The van der Waals surface area contributed by atoms with E-state index in [0.717, 1.165) is 12.8 Å². The van der Waals surface area contributed by atoms with E-state index in [2.05, 4.69) is 49.1 Å². The number of hydrogen-bond acceptors (Lipinski definition) is 3. The molecule has 1 heterocycles. The Balaban J connectivity index is 1.87. The van der Waals surface area contributed by atoms with Crippen LogP contribution in [0.25, 0.3) is 0 Å². The van der Waals surface area contributed by atoms with Crippen LogP contribution < -0.4 is 0 Å². The Bertz CT molecular complexity index is 631. The summed E-state index contributed by atoms with van der Waals surface area (Å²) in [5.74, 6) is 0.627. The van der Waals surface area contributed by atoms with Crippen LogP contribution in [0.1, 0.15) is 57.9 Å². The van der Waals surface area contributed by atoms with Crippen LogP contribution in [0.15, 0.2) is 30.3 Å². The van der Waals surface area contributed by atoms with Gasteiger partial charge in [-0.25, -0.2) is 8.42 Å². The lowest BCUT2D eigenvalue weighted by Crippen LogP contribution is -2.55. The Labute approximate surface area is 147 Å². The molecule has 0 spiro atoms.